The molecule has 0 N–H and O–H groups in total. The Morgan fingerprint density at radius 3 is 2.61 bits per heavy atom. The number of hydrogen-bond donors (Lipinski definition) is 0. The highest BCUT2D eigenvalue weighted by Gasteiger charge is 2.37. The van der Waals surface area contributed by atoms with E-state index in [1.807, 2.05) is 12.3 Å². The Bertz CT molecular complexity index is 605. The maximum absolute atomic E-state index is 5.17. The van der Waals surface area contributed by atoms with Crippen LogP contribution in [0.2, 0.25) is 0 Å². The zero-order valence-corrected chi connectivity index (χ0v) is 13.4. The number of likely N-dealkylation sites (tertiary alicyclic amines) is 1. The van der Waals surface area contributed by atoms with Gasteiger partial charge in [-0.3, -0.25) is 9.80 Å². The van der Waals surface area contributed by atoms with Crippen LogP contribution in [0.1, 0.15) is 18.9 Å². The fourth-order valence-electron chi connectivity index (χ4n) is 3.41. The van der Waals surface area contributed by atoms with Gasteiger partial charge in [-0.05, 0) is 19.1 Å². The molecule has 122 valence electrons. The van der Waals surface area contributed by atoms with E-state index >= 15 is 0 Å². The Kier molecular flexibility index (Phi) is 3.97. The van der Waals surface area contributed by atoms with Gasteiger partial charge in [0.25, 0.3) is 0 Å². The van der Waals surface area contributed by atoms with Crippen LogP contribution in [0.4, 0.5) is 5.82 Å². The van der Waals surface area contributed by atoms with Gasteiger partial charge in [0.15, 0.2) is 6.33 Å². The molecule has 2 aromatic heterocycles. The van der Waals surface area contributed by atoms with Gasteiger partial charge >= 0.3 is 0 Å². The average molecular weight is 314 g/mol. The van der Waals surface area contributed by atoms with Gasteiger partial charge < -0.3 is 9.42 Å². The summed E-state index contributed by atoms with van der Waals surface area (Å²) in [5, 5.41) is 3.70. The molecule has 7 heteroatoms. The van der Waals surface area contributed by atoms with Gasteiger partial charge in [-0.2, -0.15) is 4.98 Å². The lowest BCUT2D eigenvalue weighted by molar-refractivity contribution is -0.00191. The van der Waals surface area contributed by atoms with Crippen LogP contribution in [-0.4, -0.2) is 70.2 Å². The van der Waals surface area contributed by atoms with Gasteiger partial charge in [0.05, 0.1) is 6.04 Å². The van der Waals surface area contributed by atoms with Gasteiger partial charge in [0.1, 0.15) is 5.82 Å². The Balaban J connectivity index is 1.26. The van der Waals surface area contributed by atoms with Crippen molar-refractivity contribution in [2.24, 2.45) is 0 Å². The average Bonchev–Trinajstić information content (AvgIpc) is 3.09. The quantitative estimate of drug-likeness (QED) is 0.835. The maximum atomic E-state index is 5.17. The second-order valence-electron chi connectivity index (χ2n) is 6.27. The number of anilines is 1. The lowest BCUT2D eigenvalue weighted by Gasteiger charge is -2.49. The molecule has 0 aromatic carbocycles. The van der Waals surface area contributed by atoms with E-state index in [0.717, 1.165) is 45.1 Å². The highest BCUT2D eigenvalue weighted by molar-refractivity contribution is 5.38. The number of rotatable bonds is 4. The van der Waals surface area contributed by atoms with Crippen molar-refractivity contribution >= 4 is 5.82 Å². The fraction of sp³-hybridized carbons (Fsp3) is 0.562. The first kappa shape index (κ1) is 14.6. The molecule has 4 rings (SSSR count). The minimum absolute atomic E-state index is 0.212. The topological polar surface area (TPSA) is 61.5 Å². The summed E-state index contributed by atoms with van der Waals surface area (Å²) < 4.78 is 5.17. The summed E-state index contributed by atoms with van der Waals surface area (Å²) in [5.41, 5.74) is 0. The number of nitrogens with zero attached hydrogens (tertiary/aromatic N) is 6. The molecule has 0 spiro atoms. The molecule has 1 unspecified atom stereocenters. The third-order valence-corrected chi connectivity index (χ3v) is 4.98. The molecule has 2 fully saturated rings. The minimum atomic E-state index is 0.212. The molecule has 0 saturated carbocycles. The third-order valence-electron chi connectivity index (χ3n) is 4.98. The molecule has 0 radical (unpaired) electrons. The van der Waals surface area contributed by atoms with Crippen molar-refractivity contribution in [3.63, 3.8) is 0 Å². The summed E-state index contributed by atoms with van der Waals surface area (Å²) in [4.78, 5) is 16.0. The van der Waals surface area contributed by atoms with Crippen molar-refractivity contribution < 1.29 is 4.52 Å². The molecule has 1 atom stereocenters. The minimum Gasteiger partial charge on any atom is -0.354 e. The van der Waals surface area contributed by atoms with Crippen molar-refractivity contribution in [2.45, 2.75) is 19.0 Å². The van der Waals surface area contributed by atoms with Crippen LogP contribution in [0.5, 0.6) is 0 Å². The van der Waals surface area contributed by atoms with Gasteiger partial charge in [-0.15, -0.1) is 0 Å². The molecule has 2 aliphatic rings. The summed E-state index contributed by atoms with van der Waals surface area (Å²) in [6.45, 7) is 8.58. The second kappa shape index (κ2) is 6.25. The Hall–Kier alpha value is -1.99. The van der Waals surface area contributed by atoms with Crippen molar-refractivity contribution in [1.82, 2.24) is 24.9 Å². The van der Waals surface area contributed by atoms with Gasteiger partial charge in [-0.25, -0.2) is 4.98 Å². The van der Waals surface area contributed by atoms with E-state index in [-0.39, 0.29) is 6.04 Å². The van der Waals surface area contributed by atoms with E-state index in [1.165, 1.54) is 6.33 Å². The molecule has 0 bridgehead atoms. The van der Waals surface area contributed by atoms with E-state index in [0.29, 0.717) is 11.9 Å². The molecule has 4 heterocycles. The molecule has 2 saturated heterocycles. The van der Waals surface area contributed by atoms with Gasteiger partial charge in [-0.1, -0.05) is 11.2 Å². The summed E-state index contributed by atoms with van der Waals surface area (Å²) >= 11 is 0. The monoisotopic (exact) mass is 314 g/mol. The van der Waals surface area contributed by atoms with Crippen LogP contribution < -0.4 is 4.90 Å². The Morgan fingerprint density at radius 2 is 1.96 bits per heavy atom. The zero-order valence-electron chi connectivity index (χ0n) is 13.4. The van der Waals surface area contributed by atoms with E-state index < -0.39 is 0 Å². The first-order chi connectivity index (χ1) is 11.3. The maximum Gasteiger partial charge on any atom is 0.243 e. The summed E-state index contributed by atoms with van der Waals surface area (Å²) in [6.07, 6.45) is 3.34. The van der Waals surface area contributed by atoms with Crippen molar-refractivity contribution in [2.75, 3.05) is 44.2 Å². The molecule has 23 heavy (non-hydrogen) atoms. The third kappa shape index (κ3) is 2.94. The zero-order chi connectivity index (χ0) is 15.6. The van der Waals surface area contributed by atoms with E-state index in [9.17, 15) is 0 Å². The SMILES string of the molecule is CC(c1ncno1)N1CC(N2CCN(c3ccccn3)CC2)C1. The smallest absolute Gasteiger partial charge is 0.243 e. The van der Waals surface area contributed by atoms with E-state index in [4.69, 9.17) is 4.52 Å². The Labute approximate surface area is 135 Å². The molecule has 2 aliphatic heterocycles. The van der Waals surface area contributed by atoms with Crippen LogP contribution in [0.25, 0.3) is 0 Å². The predicted molar refractivity (Wildman–Crippen MR) is 86.1 cm³/mol. The Morgan fingerprint density at radius 1 is 1.13 bits per heavy atom. The lowest BCUT2D eigenvalue weighted by Crippen LogP contribution is -2.63. The molecule has 7 nitrogen and oxygen atoms in total. The predicted octanol–water partition coefficient (Wildman–Crippen LogP) is 1.03. The van der Waals surface area contributed by atoms with E-state index in [1.54, 1.807) is 0 Å². The second-order valence-corrected chi connectivity index (χ2v) is 6.27. The summed E-state index contributed by atoms with van der Waals surface area (Å²) in [5.74, 6) is 1.80. The van der Waals surface area contributed by atoms with Gasteiger partial charge in [0.2, 0.25) is 5.89 Å². The number of aromatic nitrogens is 3. The standard InChI is InChI=1S/C16H22N6O/c1-13(16-18-12-19-23-16)22-10-14(11-22)20-6-8-21(9-7-20)15-4-2-3-5-17-15/h2-5,12-14H,6-11H2,1H3. The van der Waals surface area contributed by atoms with Crippen LogP contribution in [0.3, 0.4) is 0 Å². The molecule has 2 aromatic rings. The van der Waals surface area contributed by atoms with Crippen LogP contribution in [0, 0.1) is 0 Å². The van der Waals surface area contributed by atoms with Crippen LogP contribution in [0.15, 0.2) is 35.2 Å². The number of pyridine rings is 1. The molecular formula is C16H22N6O. The van der Waals surface area contributed by atoms with E-state index in [2.05, 4.69) is 48.9 Å². The van der Waals surface area contributed by atoms with Crippen molar-refractivity contribution in [3.8, 4) is 0 Å². The van der Waals surface area contributed by atoms with Crippen LogP contribution in [-0.2, 0) is 0 Å². The highest BCUT2D eigenvalue weighted by Crippen LogP contribution is 2.27. The summed E-state index contributed by atoms with van der Waals surface area (Å²) in [7, 11) is 0. The molecule has 0 aliphatic carbocycles. The first-order valence-electron chi connectivity index (χ1n) is 8.22. The summed E-state index contributed by atoms with van der Waals surface area (Å²) in [6, 6.07) is 6.96. The molecular weight excluding hydrogens is 292 g/mol. The largest absolute Gasteiger partial charge is 0.354 e. The molecule has 0 amide bonds. The number of piperazine rings is 1. The highest BCUT2D eigenvalue weighted by atomic mass is 16.5. The first-order valence-corrected chi connectivity index (χ1v) is 8.22. The normalized spacial score (nSPS) is 22.0. The van der Waals surface area contributed by atoms with Crippen molar-refractivity contribution in [3.05, 3.63) is 36.6 Å². The van der Waals surface area contributed by atoms with Gasteiger partial charge in [0, 0.05) is 51.5 Å². The van der Waals surface area contributed by atoms with Crippen LogP contribution >= 0.6 is 0 Å². The lowest BCUT2D eigenvalue weighted by atomic mass is 10.0. The number of hydrogen-bond acceptors (Lipinski definition) is 7. The fourth-order valence-corrected chi connectivity index (χ4v) is 3.41. The van der Waals surface area contributed by atoms with Crippen molar-refractivity contribution in [1.29, 1.82) is 0 Å².